The lowest BCUT2D eigenvalue weighted by atomic mass is 10.3. The van der Waals surface area contributed by atoms with E-state index in [-0.39, 0.29) is 11.8 Å². The number of imidazole rings is 1. The molecule has 0 radical (unpaired) electrons. The zero-order valence-corrected chi connectivity index (χ0v) is 6.87. The number of H-pyrrole nitrogens is 1. The highest BCUT2D eigenvalue weighted by molar-refractivity contribution is 5.92. The van der Waals surface area contributed by atoms with Crippen molar-refractivity contribution in [1.29, 1.82) is 0 Å². The molecule has 1 heterocycles. The van der Waals surface area contributed by atoms with E-state index in [1.165, 1.54) is 0 Å². The predicted molar refractivity (Wildman–Crippen MR) is 44.5 cm³/mol. The van der Waals surface area contributed by atoms with E-state index in [9.17, 15) is 4.79 Å². The van der Waals surface area contributed by atoms with E-state index in [2.05, 4.69) is 22.2 Å². The molecule has 4 nitrogen and oxygen atoms in total. The van der Waals surface area contributed by atoms with Crippen LogP contribution in [0.2, 0.25) is 0 Å². The summed E-state index contributed by atoms with van der Waals surface area (Å²) in [6.45, 7) is 2.08. The largest absolute Gasteiger partial charge is 0.331 e. The summed E-state index contributed by atoms with van der Waals surface area (Å²) in [6, 6.07) is 0. The van der Waals surface area contributed by atoms with Crippen LogP contribution in [0.1, 0.15) is 13.3 Å². The Morgan fingerprint density at radius 1 is 1.83 bits per heavy atom. The highest BCUT2D eigenvalue weighted by atomic mass is 16.2. The van der Waals surface area contributed by atoms with Crippen molar-refractivity contribution in [2.75, 3.05) is 5.32 Å². The van der Waals surface area contributed by atoms with E-state index in [0.29, 0.717) is 11.9 Å². The van der Waals surface area contributed by atoms with Gasteiger partial charge in [-0.05, 0) is 12.3 Å². The monoisotopic (exact) mass is 165 g/mol. The Balaban J connectivity index is 1.92. The first-order valence-corrected chi connectivity index (χ1v) is 4.07. The van der Waals surface area contributed by atoms with Gasteiger partial charge in [-0.25, -0.2) is 4.98 Å². The summed E-state index contributed by atoms with van der Waals surface area (Å²) in [4.78, 5) is 18.0. The van der Waals surface area contributed by atoms with E-state index < -0.39 is 0 Å². The van der Waals surface area contributed by atoms with Gasteiger partial charge in [-0.2, -0.15) is 0 Å². The van der Waals surface area contributed by atoms with Crippen LogP contribution >= 0.6 is 0 Å². The van der Waals surface area contributed by atoms with Gasteiger partial charge in [-0.3, -0.25) is 10.1 Å². The Kier molecular flexibility index (Phi) is 1.60. The molecule has 1 aromatic heterocycles. The highest BCUT2D eigenvalue weighted by Crippen LogP contribution is 2.38. The number of hydrogen-bond donors (Lipinski definition) is 2. The first kappa shape index (κ1) is 7.34. The van der Waals surface area contributed by atoms with Gasteiger partial charge in [0.05, 0.1) is 0 Å². The van der Waals surface area contributed by atoms with Crippen LogP contribution in [0, 0.1) is 11.8 Å². The lowest BCUT2D eigenvalue weighted by molar-refractivity contribution is -0.117. The SMILES string of the molecule is CC1CC1C(=O)Nc1ncc[nH]1. The number of carbonyl (C=O) groups excluding carboxylic acids is 1. The van der Waals surface area contributed by atoms with Gasteiger partial charge < -0.3 is 4.98 Å². The van der Waals surface area contributed by atoms with E-state index >= 15 is 0 Å². The van der Waals surface area contributed by atoms with Gasteiger partial charge in [-0.15, -0.1) is 0 Å². The van der Waals surface area contributed by atoms with Gasteiger partial charge in [0, 0.05) is 18.3 Å². The van der Waals surface area contributed by atoms with Crippen LogP contribution in [0.25, 0.3) is 0 Å². The molecule has 0 spiro atoms. The lowest BCUT2D eigenvalue weighted by Gasteiger charge is -1.98. The van der Waals surface area contributed by atoms with Crippen LogP contribution in [0.15, 0.2) is 12.4 Å². The Labute approximate surface area is 70.4 Å². The van der Waals surface area contributed by atoms with Gasteiger partial charge >= 0.3 is 0 Å². The minimum absolute atomic E-state index is 0.0810. The molecule has 12 heavy (non-hydrogen) atoms. The van der Waals surface area contributed by atoms with Gasteiger partial charge in [0.2, 0.25) is 11.9 Å². The third-order valence-electron chi connectivity index (χ3n) is 2.19. The van der Waals surface area contributed by atoms with Gasteiger partial charge in [-0.1, -0.05) is 6.92 Å². The lowest BCUT2D eigenvalue weighted by Crippen LogP contribution is -2.15. The van der Waals surface area contributed by atoms with Crippen molar-refractivity contribution in [2.45, 2.75) is 13.3 Å². The van der Waals surface area contributed by atoms with E-state index in [1.54, 1.807) is 12.4 Å². The average molecular weight is 165 g/mol. The van der Waals surface area contributed by atoms with E-state index in [4.69, 9.17) is 0 Å². The summed E-state index contributed by atoms with van der Waals surface area (Å²) in [7, 11) is 0. The second kappa shape index (κ2) is 2.62. The molecule has 2 unspecified atom stereocenters. The molecule has 4 heteroatoms. The smallest absolute Gasteiger partial charge is 0.230 e. The second-order valence-corrected chi connectivity index (χ2v) is 3.25. The molecule has 1 aliphatic carbocycles. The third-order valence-corrected chi connectivity index (χ3v) is 2.19. The first-order chi connectivity index (χ1) is 5.77. The Morgan fingerprint density at radius 3 is 3.08 bits per heavy atom. The van der Waals surface area contributed by atoms with Crippen molar-refractivity contribution in [2.24, 2.45) is 11.8 Å². The normalized spacial score (nSPS) is 26.8. The molecular weight excluding hydrogens is 154 g/mol. The number of aromatic amines is 1. The molecule has 2 atom stereocenters. The summed E-state index contributed by atoms with van der Waals surface area (Å²) in [5.74, 6) is 1.37. The maximum absolute atomic E-state index is 11.3. The van der Waals surface area contributed by atoms with Crippen molar-refractivity contribution >= 4 is 11.9 Å². The molecule has 0 aliphatic heterocycles. The first-order valence-electron chi connectivity index (χ1n) is 4.07. The summed E-state index contributed by atoms with van der Waals surface area (Å²) in [5, 5.41) is 2.71. The number of anilines is 1. The van der Waals surface area contributed by atoms with Crippen LogP contribution in [0.3, 0.4) is 0 Å². The van der Waals surface area contributed by atoms with Crippen LogP contribution in [-0.2, 0) is 4.79 Å². The Hall–Kier alpha value is -1.32. The molecule has 1 aliphatic rings. The van der Waals surface area contributed by atoms with Crippen molar-refractivity contribution < 1.29 is 4.79 Å². The van der Waals surface area contributed by atoms with Crippen LogP contribution in [0.5, 0.6) is 0 Å². The maximum atomic E-state index is 11.3. The third kappa shape index (κ3) is 1.32. The topological polar surface area (TPSA) is 57.8 Å². The predicted octanol–water partition coefficient (Wildman–Crippen LogP) is 1.00. The van der Waals surface area contributed by atoms with Gasteiger partial charge in [0.15, 0.2) is 0 Å². The Morgan fingerprint density at radius 2 is 2.58 bits per heavy atom. The standard InChI is InChI=1S/C8H11N3O/c1-5-4-6(5)7(12)11-8-9-2-3-10-8/h2-3,5-6H,4H2,1H3,(H2,9,10,11,12). The van der Waals surface area contributed by atoms with Crippen molar-refractivity contribution in [3.8, 4) is 0 Å². The summed E-state index contributed by atoms with van der Waals surface area (Å²) in [5.41, 5.74) is 0. The van der Waals surface area contributed by atoms with Crippen LogP contribution in [0.4, 0.5) is 5.95 Å². The molecular formula is C8H11N3O. The van der Waals surface area contributed by atoms with Gasteiger partial charge in [0.1, 0.15) is 0 Å². The highest BCUT2D eigenvalue weighted by Gasteiger charge is 2.39. The zero-order valence-electron chi connectivity index (χ0n) is 6.87. The molecule has 1 amide bonds. The maximum Gasteiger partial charge on any atom is 0.230 e. The molecule has 1 fully saturated rings. The number of carbonyl (C=O) groups is 1. The number of amides is 1. The van der Waals surface area contributed by atoms with Crippen LogP contribution < -0.4 is 5.32 Å². The molecule has 1 aromatic rings. The number of hydrogen-bond acceptors (Lipinski definition) is 2. The molecule has 2 N–H and O–H groups in total. The zero-order chi connectivity index (χ0) is 8.55. The second-order valence-electron chi connectivity index (χ2n) is 3.25. The quantitative estimate of drug-likeness (QED) is 0.687. The Bertz CT molecular complexity index is 281. The molecule has 1 saturated carbocycles. The summed E-state index contributed by atoms with van der Waals surface area (Å²) in [6.07, 6.45) is 4.31. The minimum atomic E-state index is 0.0810. The van der Waals surface area contributed by atoms with Crippen molar-refractivity contribution in [3.05, 3.63) is 12.4 Å². The molecule has 0 aromatic carbocycles. The fourth-order valence-electron chi connectivity index (χ4n) is 1.23. The number of nitrogens with one attached hydrogen (secondary N) is 2. The van der Waals surface area contributed by atoms with Gasteiger partial charge in [0.25, 0.3) is 0 Å². The summed E-state index contributed by atoms with van der Waals surface area (Å²) < 4.78 is 0. The number of nitrogens with zero attached hydrogens (tertiary/aromatic N) is 1. The summed E-state index contributed by atoms with van der Waals surface area (Å²) >= 11 is 0. The average Bonchev–Trinajstić information content (AvgIpc) is 2.58. The number of rotatable bonds is 2. The minimum Gasteiger partial charge on any atom is -0.331 e. The van der Waals surface area contributed by atoms with E-state index in [0.717, 1.165) is 6.42 Å². The fraction of sp³-hybridized carbons (Fsp3) is 0.500. The van der Waals surface area contributed by atoms with Crippen LogP contribution in [-0.4, -0.2) is 15.9 Å². The number of aromatic nitrogens is 2. The van der Waals surface area contributed by atoms with E-state index in [1.807, 2.05) is 0 Å². The van der Waals surface area contributed by atoms with Crippen molar-refractivity contribution in [3.63, 3.8) is 0 Å². The molecule has 0 saturated heterocycles. The molecule has 0 bridgehead atoms. The fourth-order valence-corrected chi connectivity index (χ4v) is 1.23. The molecule has 2 rings (SSSR count). The van der Waals surface area contributed by atoms with Crippen molar-refractivity contribution in [1.82, 2.24) is 9.97 Å². The molecule has 64 valence electrons.